The van der Waals surface area contributed by atoms with Gasteiger partial charge in [-0.25, -0.2) is 0 Å². The van der Waals surface area contributed by atoms with E-state index in [0.29, 0.717) is 6.10 Å². The molecule has 1 unspecified atom stereocenters. The first kappa shape index (κ1) is 20.7. The van der Waals surface area contributed by atoms with Crippen LogP contribution in [0.5, 0.6) is 11.5 Å². The molecule has 1 aromatic carbocycles. The topological polar surface area (TPSA) is 59.6 Å². The van der Waals surface area contributed by atoms with E-state index in [9.17, 15) is 0 Å². The lowest BCUT2D eigenvalue weighted by Crippen LogP contribution is -2.32. The van der Waals surface area contributed by atoms with Crippen LogP contribution >= 0.6 is 0 Å². The Morgan fingerprint density at radius 2 is 1.96 bits per heavy atom. The SMILES string of the molecule is COc1ccc(CN(Cc2cn[nH]c2C(C)(C)C)CC2CCCO2)cc1OC. The van der Waals surface area contributed by atoms with Crippen molar-refractivity contribution in [3.63, 3.8) is 0 Å². The minimum absolute atomic E-state index is 0.0324. The number of hydrogen-bond acceptors (Lipinski definition) is 5. The maximum atomic E-state index is 5.91. The Morgan fingerprint density at radius 3 is 2.61 bits per heavy atom. The van der Waals surface area contributed by atoms with Gasteiger partial charge in [-0.05, 0) is 30.5 Å². The molecule has 28 heavy (non-hydrogen) atoms. The van der Waals surface area contributed by atoms with E-state index in [4.69, 9.17) is 14.2 Å². The second-order valence-corrected chi connectivity index (χ2v) is 8.51. The zero-order valence-corrected chi connectivity index (χ0v) is 17.7. The van der Waals surface area contributed by atoms with Gasteiger partial charge < -0.3 is 14.2 Å². The van der Waals surface area contributed by atoms with Gasteiger partial charge in [0.2, 0.25) is 0 Å². The quantitative estimate of drug-likeness (QED) is 0.744. The largest absolute Gasteiger partial charge is 0.493 e. The normalized spacial score (nSPS) is 17.3. The molecule has 1 N–H and O–H groups in total. The van der Waals surface area contributed by atoms with Crippen LogP contribution in [0.15, 0.2) is 24.4 Å². The highest BCUT2D eigenvalue weighted by Gasteiger charge is 2.24. The Balaban J connectivity index is 1.80. The first-order chi connectivity index (χ1) is 13.4. The molecule has 0 spiro atoms. The lowest BCUT2D eigenvalue weighted by atomic mass is 9.89. The zero-order valence-electron chi connectivity index (χ0n) is 17.7. The highest BCUT2D eigenvalue weighted by atomic mass is 16.5. The molecule has 3 rings (SSSR count). The fourth-order valence-corrected chi connectivity index (χ4v) is 3.82. The van der Waals surface area contributed by atoms with Crippen molar-refractivity contribution in [2.75, 3.05) is 27.4 Å². The molecule has 0 amide bonds. The van der Waals surface area contributed by atoms with Crippen molar-refractivity contribution in [1.82, 2.24) is 15.1 Å². The van der Waals surface area contributed by atoms with Gasteiger partial charge in [0.25, 0.3) is 0 Å². The number of H-pyrrole nitrogens is 1. The van der Waals surface area contributed by atoms with Crippen molar-refractivity contribution < 1.29 is 14.2 Å². The Labute approximate surface area is 168 Å². The molecule has 1 saturated heterocycles. The van der Waals surface area contributed by atoms with Crippen LogP contribution in [0.4, 0.5) is 0 Å². The average Bonchev–Trinajstić information content (AvgIpc) is 3.33. The summed E-state index contributed by atoms with van der Waals surface area (Å²) in [7, 11) is 3.33. The molecule has 1 atom stereocenters. The number of ether oxygens (including phenoxy) is 3. The molecule has 0 saturated carbocycles. The fraction of sp³-hybridized carbons (Fsp3) is 0.591. The molecular weight excluding hydrogens is 354 g/mol. The molecule has 2 heterocycles. The van der Waals surface area contributed by atoms with Gasteiger partial charge in [0.1, 0.15) is 0 Å². The van der Waals surface area contributed by atoms with E-state index in [0.717, 1.165) is 50.6 Å². The highest BCUT2D eigenvalue weighted by molar-refractivity contribution is 5.42. The molecule has 154 valence electrons. The second-order valence-electron chi connectivity index (χ2n) is 8.51. The molecule has 2 aromatic rings. The Kier molecular flexibility index (Phi) is 6.62. The molecule has 1 aromatic heterocycles. The second kappa shape index (κ2) is 8.97. The van der Waals surface area contributed by atoms with E-state index < -0.39 is 0 Å². The summed E-state index contributed by atoms with van der Waals surface area (Å²) < 4.78 is 16.8. The molecule has 1 aliphatic heterocycles. The van der Waals surface area contributed by atoms with Crippen LogP contribution in [0.25, 0.3) is 0 Å². The third-order valence-corrected chi connectivity index (χ3v) is 5.20. The van der Waals surface area contributed by atoms with Gasteiger partial charge in [-0.15, -0.1) is 0 Å². The lowest BCUT2D eigenvalue weighted by molar-refractivity contribution is 0.0677. The van der Waals surface area contributed by atoms with Gasteiger partial charge in [0, 0.05) is 42.9 Å². The van der Waals surface area contributed by atoms with Gasteiger partial charge in [-0.1, -0.05) is 26.8 Å². The Morgan fingerprint density at radius 1 is 1.18 bits per heavy atom. The summed E-state index contributed by atoms with van der Waals surface area (Å²) in [5.74, 6) is 1.51. The van der Waals surface area contributed by atoms with Crippen molar-refractivity contribution in [3.8, 4) is 11.5 Å². The third-order valence-electron chi connectivity index (χ3n) is 5.20. The number of aromatic nitrogens is 2. The number of rotatable bonds is 8. The average molecular weight is 388 g/mol. The minimum atomic E-state index is 0.0324. The highest BCUT2D eigenvalue weighted by Crippen LogP contribution is 2.29. The molecule has 1 fully saturated rings. The summed E-state index contributed by atoms with van der Waals surface area (Å²) >= 11 is 0. The van der Waals surface area contributed by atoms with E-state index in [1.807, 2.05) is 12.3 Å². The summed E-state index contributed by atoms with van der Waals surface area (Å²) in [6.07, 6.45) is 4.52. The van der Waals surface area contributed by atoms with Crippen LogP contribution in [0.2, 0.25) is 0 Å². The van der Waals surface area contributed by atoms with Crippen LogP contribution in [0.3, 0.4) is 0 Å². The zero-order chi connectivity index (χ0) is 20.1. The molecule has 1 aliphatic rings. The third kappa shape index (κ3) is 5.06. The van der Waals surface area contributed by atoms with E-state index in [1.165, 1.54) is 16.8 Å². The molecule has 6 heteroatoms. The van der Waals surface area contributed by atoms with Crippen LogP contribution in [-0.2, 0) is 23.2 Å². The fourth-order valence-electron chi connectivity index (χ4n) is 3.82. The first-order valence-electron chi connectivity index (χ1n) is 9.98. The maximum Gasteiger partial charge on any atom is 0.161 e. The van der Waals surface area contributed by atoms with Gasteiger partial charge in [0.05, 0.1) is 26.5 Å². The lowest BCUT2D eigenvalue weighted by Gasteiger charge is -2.27. The monoisotopic (exact) mass is 387 g/mol. The smallest absolute Gasteiger partial charge is 0.161 e. The number of nitrogens with one attached hydrogen (secondary N) is 1. The van der Waals surface area contributed by atoms with Crippen LogP contribution in [0, 0.1) is 0 Å². The Bertz CT molecular complexity index is 761. The van der Waals surface area contributed by atoms with Crippen LogP contribution in [-0.4, -0.2) is 48.6 Å². The van der Waals surface area contributed by atoms with Gasteiger partial charge in [-0.3, -0.25) is 10.00 Å². The van der Waals surface area contributed by atoms with Crippen molar-refractivity contribution in [1.29, 1.82) is 0 Å². The standard InChI is InChI=1S/C22H33N3O3/c1-22(2,3)21-17(12-23-24-21)14-25(15-18-7-6-10-28-18)13-16-8-9-19(26-4)20(11-16)27-5/h8-9,11-12,18H,6-7,10,13-15H2,1-5H3,(H,23,24). The van der Waals surface area contributed by atoms with Crippen LogP contribution < -0.4 is 9.47 Å². The molecular formula is C22H33N3O3. The van der Waals surface area contributed by atoms with E-state index in [1.54, 1.807) is 14.2 Å². The maximum absolute atomic E-state index is 5.91. The molecule has 0 aliphatic carbocycles. The van der Waals surface area contributed by atoms with Crippen LogP contribution in [0.1, 0.15) is 50.4 Å². The van der Waals surface area contributed by atoms with E-state index >= 15 is 0 Å². The van der Waals surface area contributed by atoms with Crippen molar-refractivity contribution in [2.45, 2.75) is 58.2 Å². The number of methoxy groups -OCH3 is 2. The van der Waals surface area contributed by atoms with Gasteiger partial charge >= 0.3 is 0 Å². The van der Waals surface area contributed by atoms with Crippen molar-refractivity contribution in [3.05, 3.63) is 41.2 Å². The van der Waals surface area contributed by atoms with Gasteiger partial charge in [-0.2, -0.15) is 5.10 Å². The van der Waals surface area contributed by atoms with Crippen molar-refractivity contribution in [2.24, 2.45) is 0 Å². The number of nitrogens with zero attached hydrogens (tertiary/aromatic N) is 2. The van der Waals surface area contributed by atoms with E-state index in [-0.39, 0.29) is 5.41 Å². The van der Waals surface area contributed by atoms with Crippen molar-refractivity contribution >= 4 is 0 Å². The summed E-state index contributed by atoms with van der Waals surface area (Å²) in [4.78, 5) is 2.44. The summed E-state index contributed by atoms with van der Waals surface area (Å²) in [6, 6.07) is 6.13. The van der Waals surface area contributed by atoms with Gasteiger partial charge in [0.15, 0.2) is 11.5 Å². The summed E-state index contributed by atoms with van der Waals surface area (Å²) in [6.45, 7) is 10.1. The molecule has 0 bridgehead atoms. The Hall–Kier alpha value is -2.05. The predicted octanol–water partition coefficient (Wildman–Crippen LogP) is 3.91. The number of aromatic amines is 1. The molecule has 6 nitrogen and oxygen atoms in total. The molecule has 0 radical (unpaired) electrons. The predicted molar refractivity (Wildman–Crippen MR) is 110 cm³/mol. The number of hydrogen-bond donors (Lipinski definition) is 1. The summed E-state index contributed by atoms with van der Waals surface area (Å²) in [5, 5.41) is 7.51. The first-order valence-corrected chi connectivity index (χ1v) is 9.98. The minimum Gasteiger partial charge on any atom is -0.493 e. The number of benzene rings is 1. The van der Waals surface area contributed by atoms with E-state index in [2.05, 4.69) is 48.0 Å². The summed E-state index contributed by atoms with van der Waals surface area (Å²) in [5.41, 5.74) is 3.66.